The van der Waals surface area contributed by atoms with E-state index in [1.54, 1.807) is 12.1 Å². The van der Waals surface area contributed by atoms with Crippen LogP contribution in [0.15, 0.2) is 24.3 Å². The van der Waals surface area contributed by atoms with Gasteiger partial charge in [0.25, 0.3) is 0 Å². The van der Waals surface area contributed by atoms with Crippen molar-refractivity contribution < 1.29 is 18.7 Å². The van der Waals surface area contributed by atoms with Gasteiger partial charge in [-0.1, -0.05) is 12.1 Å². The van der Waals surface area contributed by atoms with Gasteiger partial charge >= 0.3 is 5.97 Å². The highest BCUT2D eigenvalue weighted by Crippen LogP contribution is 2.58. The Labute approximate surface area is 141 Å². The van der Waals surface area contributed by atoms with Gasteiger partial charge < -0.3 is 15.4 Å². The third-order valence-corrected chi connectivity index (χ3v) is 5.29. The minimum Gasteiger partial charge on any atom is -0.469 e. The van der Waals surface area contributed by atoms with E-state index >= 15 is 0 Å². The number of nitrogens with one attached hydrogen (secondary N) is 2. The van der Waals surface area contributed by atoms with Gasteiger partial charge in [-0.05, 0) is 55.5 Å². The largest absolute Gasteiger partial charge is 0.469 e. The Morgan fingerprint density at radius 3 is 2.62 bits per heavy atom. The average molecular weight is 334 g/mol. The molecule has 3 rings (SSSR count). The molecule has 130 valence electrons. The molecule has 1 aromatic carbocycles. The van der Waals surface area contributed by atoms with E-state index in [1.165, 1.54) is 19.2 Å². The Morgan fingerprint density at radius 2 is 2.00 bits per heavy atom. The van der Waals surface area contributed by atoms with Gasteiger partial charge in [-0.3, -0.25) is 9.59 Å². The first-order chi connectivity index (χ1) is 11.5. The molecule has 2 aliphatic rings. The van der Waals surface area contributed by atoms with Gasteiger partial charge in [0.05, 0.1) is 19.6 Å². The Morgan fingerprint density at radius 1 is 1.33 bits per heavy atom. The van der Waals surface area contributed by atoms with E-state index in [0.29, 0.717) is 5.56 Å². The highest BCUT2D eigenvalue weighted by molar-refractivity contribution is 5.83. The normalized spacial score (nSPS) is 22.7. The maximum atomic E-state index is 13.1. The molecule has 1 aliphatic heterocycles. The lowest BCUT2D eigenvalue weighted by Gasteiger charge is -2.24. The summed E-state index contributed by atoms with van der Waals surface area (Å²) in [5.74, 6) is -0.759. The van der Waals surface area contributed by atoms with Crippen molar-refractivity contribution in [1.29, 1.82) is 0 Å². The van der Waals surface area contributed by atoms with Crippen molar-refractivity contribution in [3.8, 4) is 0 Å². The van der Waals surface area contributed by atoms with E-state index in [2.05, 4.69) is 10.6 Å². The second-order valence-electron chi connectivity index (χ2n) is 6.76. The Bertz CT molecular complexity index is 611. The van der Waals surface area contributed by atoms with Gasteiger partial charge in [-0.2, -0.15) is 0 Å². The van der Waals surface area contributed by atoms with E-state index < -0.39 is 12.0 Å². The zero-order valence-corrected chi connectivity index (χ0v) is 13.8. The molecule has 1 aromatic rings. The number of ether oxygens (including phenoxy) is 1. The molecular formula is C18H23FN2O3. The van der Waals surface area contributed by atoms with E-state index in [-0.39, 0.29) is 29.5 Å². The first-order valence-corrected chi connectivity index (χ1v) is 8.37. The molecule has 1 spiro atoms. The number of benzene rings is 1. The molecule has 24 heavy (non-hydrogen) atoms. The van der Waals surface area contributed by atoms with Crippen molar-refractivity contribution in [3.05, 3.63) is 35.6 Å². The van der Waals surface area contributed by atoms with Crippen LogP contribution in [-0.4, -0.2) is 32.1 Å². The Kier molecular flexibility index (Phi) is 4.85. The molecule has 1 amide bonds. The van der Waals surface area contributed by atoms with E-state index in [1.807, 2.05) is 0 Å². The van der Waals surface area contributed by atoms with Crippen molar-refractivity contribution in [2.24, 2.45) is 11.3 Å². The molecule has 1 heterocycles. The number of esters is 1. The molecule has 2 N–H and O–H groups in total. The number of amides is 1. The molecular weight excluding hydrogens is 311 g/mol. The van der Waals surface area contributed by atoms with Gasteiger partial charge in [0.1, 0.15) is 5.82 Å². The first-order valence-electron chi connectivity index (χ1n) is 8.37. The fraction of sp³-hybridized carbons (Fsp3) is 0.556. The van der Waals surface area contributed by atoms with Crippen molar-refractivity contribution >= 4 is 11.9 Å². The van der Waals surface area contributed by atoms with Crippen molar-refractivity contribution in [2.45, 2.75) is 31.7 Å². The van der Waals surface area contributed by atoms with Crippen LogP contribution in [0.2, 0.25) is 0 Å². The molecule has 0 aromatic heterocycles. The maximum absolute atomic E-state index is 13.1. The summed E-state index contributed by atoms with van der Waals surface area (Å²) in [5.41, 5.74) is 0.837. The van der Waals surface area contributed by atoms with Gasteiger partial charge in [0, 0.05) is 5.92 Å². The number of rotatable bonds is 5. The van der Waals surface area contributed by atoms with Crippen molar-refractivity contribution in [2.75, 3.05) is 20.2 Å². The van der Waals surface area contributed by atoms with Crippen molar-refractivity contribution in [3.63, 3.8) is 0 Å². The summed E-state index contributed by atoms with van der Waals surface area (Å²) in [7, 11) is 1.32. The van der Waals surface area contributed by atoms with Crippen LogP contribution in [0.4, 0.5) is 4.39 Å². The number of hydrogen-bond acceptors (Lipinski definition) is 4. The summed E-state index contributed by atoms with van der Waals surface area (Å²) in [4.78, 5) is 24.3. The quantitative estimate of drug-likeness (QED) is 0.808. The third-order valence-electron chi connectivity index (χ3n) is 5.29. The summed E-state index contributed by atoms with van der Waals surface area (Å²) in [6.07, 6.45) is 2.98. The molecule has 6 heteroatoms. The number of piperidine rings is 1. The van der Waals surface area contributed by atoms with Gasteiger partial charge in [-0.25, -0.2) is 4.39 Å². The average Bonchev–Trinajstić information content (AvgIpc) is 3.28. The standard InChI is InChI=1S/C18H23FN2O3/c1-24-16(22)10-15(12-2-4-13(19)5-3-12)21-17(23)14-11-18(14)6-8-20-9-7-18/h2-5,14-15,20H,6-11H2,1H3,(H,21,23). The topological polar surface area (TPSA) is 67.4 Å². The number of carbonyl (C=O) groups excluding carboxylic acids is 2. The van der Waals surface area contributed by atoms with Gasteiger partial charge in [-0.15, -0.1) is 0 Å². The molecule has 2 atom stereocenters. The molecule has 1 aliphatic carbocycles. The van der Waals surface area contributed by atoms with Crippen LogP contribution in [-0.2, 0) is 14.3 Å². The van der Waals surface area contributed by atoms with Crippen LogP contribution in [0.1, 0.15) is 37.3 Å². The first kappa shape index (κ1) is 16.9. The second-order valence-corrected chi connectivity index (χ2v) is 6.76. The zero-order valence-electron chi connectivity index (χ0n) is 13.8. The van der Waals surface area contributed by atoms with Crippen LogP contribution < -0.4 is 10.6 Å². The predicted octanol–water partition coefficient (Wildman–Crippen LogP) is 1.94. The fourth-order valence-corrected chi connectivity index (χ4v) is 3.67. The molecule has 2 unspecified atom stereocenters. The predicted molar refractivity (Wildman–Crippen MR) is 86.6 cm³/mol. The summed E-state index contributed by atoms with van der Waals surface area (Å²) in [6, 6.07) is 5.35. The lowest BCUT2D eigenvalue weighted by Crippen LogP contribution is -2.36. The third kappa shape index (κ3) is 3.59. The number of methoxy groups -OCH3 is 1. The highest BCUT2D eigenvalue weighted by Gasteiger charge is 2.57. The van der Waals surface area contributed by atoms with Gasteiger partial charge in [0.15, 0.2) is 0 Å². The van der Waals surface area contributed by atoms with Crippen molar-refractivity contribution in [1.82, 2.24) is 10.6 Å². The second kappa shape index (κ2) is 6.89. The smallest absolute Gasteiger partial charge is 0.307 e. The fourth-order valence-electron chi connectivity index (χ4n) is 3.67. The maximum Gasteiger partial charge on any atom is 0.307 e. The molecule has 1 saturated heterocycles. The molecule has 0 bridgehead atoms. The van der Waals surface area contributed by atoms with E-state index in [0.717, 1.165) is 32.4 Å². The summed E-state index contributed by atoms with van der Waals surface area (Å²) in [6.45, 7) is 1.90. The monoisotopic (exact) mass is 334 g/mol. The minimum atomic E-state index is -0.495. The SMILES string of the molecule is COC(=O)CC(NC(=O)C1CC12CCNCC2)c1ccc(F)cc1. The molecule has 2 fully saturated rings. The van der Waals surface area contributed by atoms with E-state index in [9.17, 15) is 14.0 Å². The zero-order chi connectivity index (χ0) is 17.2. The van der Waals surface area contributed by atoms with Crippen LogP contribution in [0.3, 0.4) is 0 Å². The lowest BCUT2D eigenvalue weighted by atomic mass is 9.91. The highest BCUT2D eigenvalue weighted by atomic mass is 19.1. The number of hydrogen-bond donors (Lipinski definition) is 2. The molecule has 5 nitrogen and oxygen atoms in total. The number of carbonyl (C=O) groups is 2. The summed E-state index contributed by atoms with van der Waals surface area (Å²) < 4.78 is 17.9. The van der Waals surface area contributed by atoms with E-state index in [4.69, 9.17) is 4.74 Å². The van der Waals surface area contributed by atoms with Crippen LogP contribution >= 0.6 is 0 Å². The van der Waals surface area contributed by atoms with Crippen LogP contribution in [0.5, 0.6) is 0 Å². The Hall–Kier alpha value is -1.95. The van der Waals surface area contributed by atoms with Gasteiger partial charge in [0.2, 0.25) is 5.91 Å². The summed E-state index contributed by atoms with van der Waals surface area (Å²) in [5, 5.41) is 6.29. The minimum absolute atomic E-state index is 0.0141. The molecule has 0 radical (unpaired) electrons. The van der Waals surface area contributed by atoms with Crippen LogP contribution in [0, 0.1) is 17.2 Å². The number of halogens is 1. The lowest BCUT2D eigenvalue weighted by molar-refractivity contribution is -0.141. The van der Waals surface area contributed by atoms with Crippen LogP contribution in [0.25, 0.3) is 0 Å². The molecule has 1 saturated carbocycles. The summed E-state index contributed by atoms with van der Waals surface area (Å²) >= 11 is 0. The Balaban J connectivity index is 1.68.